The van der Waals surface area contributed by atoms with Crippen LogP contribution in [0.3, 0.4) is 0 Å². The molecule has 168 valence electrons. The lowest BCUT2D eigenvalue weighted by Gasteiger charge is -2.18. The first-order chi connectivity index (χ1) is 15.1. The number of Topliss-reactive ketones (excluding diaryl/α,β-unsaturated/α-hetero) is 1. The van der Waals surface area contributed by atoms with Crippen LogP contribution in [0.15, 0.2) is 57.7 Å². The Hall–Kier alpha value is -3.41. The molecular weight excluding hydrogens is 404 g/mol. The van der Waals surface area contributed by atoms with Crippen molar-refractivity contribution in [3.05, 3.63) is 58.8 Å². The molecule has 1 amide bonds. The van der Waals surface area contributed by atoms with Crippen LogP contribution in [0.5, 0.6) is 0 Å². The number of ketones is 1. The molecule has 0 unspecified atom stereocenters. The fourth-order valence-corrected chi connectivity index (χ4v) is 3.25. The lowest BCUT2D eigenvalue weighted by atomic mass is 9.95. The summed E-state index contributed by atoms with van der Waals surface area (Å²) in [5, 5.41) is 6.53. The van der Waals surface area contributed by atoms with E-state index in [1.807, 2.05) is 45.0 Å². The number of nitrogens with one attached hydrogen (secondary N) is 2. The number of hydrogen-bond donors (Lipinski definition) is 2. The van der Waals surface area contributed by atoms with Gasteiger partial charge >= 0.3 is 0 Å². The van der Waals surface area contributed by atoms with E-state index in [0.717, 1.165) is 30.6 Å². The molecule has 2 aromatic carbocycles. The van der Waals surface area contributed by atoms with E-state index >= 15 is 0 Å². The van der Waals surface area contributed by atoms with Crippen LogP contribution in [0.4, 0.5) is 11.4 Å². The SMILES string of the molecule is CC(=O)CCCCNc1ccc(-c2cc(=O)c3c(NC(=O)C(C)(C)C)cccc3o2)cc1. The maximum absolute atomic E-state index is 12.9. The zero-order chi connectivity index (χ0) is 23.3. The largest absolute Gasteiger partial charge is 0.456 e. The van der Waals surface area contributed by atoms with Crippen LogP contribution in [0.2, 0.25) is 0 Å². The minimum Gasteiger partial charge on any atom is -0.456 e. The van der Waals surface area contributed by atoms with Gasteiger partial charge in [0.15, 0.2) is 5.43 Å². The minimum absolute atomic E-state index is 0.169. The van der Waals surface area contributed by atoms with Gasteiger partial charge in [0.2, 0.25) is 5.91 Å². The number of rotatable bonds is 8. The quantitative estimate of drug-likeness (QED) is 0.450. The van der Waals surface area contributed by atoms with E-state index in [-0.39, 0.29) is 17.1 Å². The fourth-order valence-electron chi connectivity index (χ4n) is 3.25. The molecule has 3 aromatic rings. The lowest BCUT2D eigenvalue weighted by molar-refractivity contribution is -0.123. The first kappa shape index (κ1) is 23.3. The van der Waals surface area contributed by atoms with Crippen LogP contribution in [-0.4, -0.2) is 18.2 Å². The van der Waals surface area contributed by atoms with E-state index in [1.54, 1.807) is 25.1 Å². The fraction of sp³-hybridized carbons (Fsp3) is 0.346. The summed E-state index contributed by atoms with van der Waals surface area (Å²) in [6.07, 6.45) is 2.42. The first-order valence-electron chi connectivity index (χ1n) is 10.9. The molecule has 0 aliphatic carbocycles. The molecule has 0 saturated heterocycles. The Morgan fingerprint density at radius 1 is 1.00 bits per heavy atom. The molecule has 0 bridgehead atoms. The number of fused-ring (bicyclic) bond motifs is 1. The Morgan fingerprint density at radius 2 is 1.72 bits per heavy atom. The smallest absolute Gasteiger partial charge is 0.229 e. The number of benzene rings is 2. The van der Waals surface area contributed by atoms with Crippen molar-refractivity contribution >= 4 is 34.0 Å². The minimum atomic E-state index is -0.578. The van der Waals surface area contributed by atoms with Crippen molar-refractivity contribution < 1.29 is 14.0 Å². The van der Waals surface area contributed by atoms with Gasteiger partial charge in [0, 0.05) is 35.7 Å². The summed E-state index contributed by atoms with van der Waals surface area (Å²) in [6.45, 7) is 7.86. The molecule has 32 heavy (non-hydrogen) atoms. The molecule has 6 heteroatoms. The van der Waals surface area contributed by atoms with E-state index in [1.165, 1.54) is 6.07 Å². The highest BCUT2D eigenvalue weighted by Crippen LogP contribution is 2.28. The summed E-state index contributed by atoms with van der Waals surface area (Å²) < 4.78 is 6.01. The molecule has 0 saturated carbocycles. The average Bonchev–Trinajstić information content (AvgIpc) is 2.73. The molecule has 2 N–H and O–H groups in total. The number of amides is 1. The van der Waals surface area contributed by atoms with Crippen molar-refractivity contribution in [2.24, 2.45) is 5.41 Å². The molecule has 0 radical (unpaired) electrons. The molecule has 0 aliphatic rings. The number of carbonyl (C=O) groups is 2. The maximum Gasteiger partial charge on any atom is 0.229 e. The van der Waals surface area contributed by atoms with Crippen LogP contribution in [-0.2, 0) is 9.59 Å². The third kappa shape index (κ3) is 5.84. The van der Waals surface area contributed by atoms with Crippen molar-refractivity contribution in [2.45, 2.75) is 47.0 Å². The van der Waals surface area contributed by atoms with E-state index in [9.17, 15) is 14.4 Å². The normalized spacial score (nSPS) is 11.4. The van der Waals surface area contributed by atoms with Crippen molar-refractivity contribution in [1.29, 1.82) is 0 Å². The lowest BCUT2D eigenvalue weighted by Crippen LogP contribution is -2.28. The predicted molar refractivity (Wildman–Crippen MR) is 129 cm³/mol. The number of carbonyl (C=O) groups excluding carboxylic acids is 2. The Balaban J connectivity index is 1.78. The third-order valence-electron chi connectivity index (χ3n) is 5.14. The van der Waals surface area contributed by atoms with Crippen molar-refractivity contribution in [1.82, 2.24) is 0 Å². The molecule has 3 rings (SSSR count). The van der Waals surface area contributed by atoms with Crippen LogP contribution < -0.4 is 16.1 Å². The molecule has 0 spiro atoms. The summed E-state index contributed by atoms with van der Waals surface area (Å²) in [7, 11) is 0. The van der Waals surface area contributed by atoms with Gasteiger partial charge in [0.1, 0.15) is 17.1 Å². The van der Waals surface area contributed by atoms with Gasteiger partial charge in [-0.25, -0.2) is 0 Å². The number of hydrogen-bond acceptors (Lipinski definition) is 5. The van der Waals surface area contributed by atoms with Gasteiger partial charge in [0.25, 0.3) is 0 Å². The first-order valence-corrected chi connectivity index (χ1v) is 10.9. The van der Waals surface area contributed by atoms with Crippen LogP contribution in [0.25, 0.3) is 22.3 Å². The van der Waals surface area contributed by atoms with E-state index in [0.29, 0.717) is 28.8 Å². The monoisotopic (exact) mass is 434 g/mol. The zero-order valence-electron chi connectivity index (χ0n) is 19.1. The third-order valence-corrected chi connectivity index (χ3v) is 5.14. The molecule has 1 aromatic heterocycles. The second-order valence-corrected chi connectivity index (χ2v) is 9.02. The predicted octanol–water partition coefficient (Wildman–Crippen LogP) is 5.62. The molecular formula is C26H30N2O4. The molecule has 1 heterocycles. The highest BCUT2D eigenvalue weighted by atomic mass is 16.3. The van der Waals surface area contributed by atoms with Gasteiger partial charge in [-0.05, 0) is 56.2 Å². The summed E-state index contributed by atoms with van der Waals surface area (Å²) in [5.41, 5.74) is 1.84. The molecule has 0 fully saturated rings. The average molecular weight is 435 g/mol. The zero-order valence-corrected chi connectivity index (χ0v) is 19.1. The van der Waals surface area contributed by atoms with E-state index < -0.39 is 5.41 Å². The summed E-state index contributed by atoms with van der Waals surface area (Å²) in [6, 6.07) is 14.3. The van der Waals surface area contributed by atoms with Gasteiger partial charge < -0.3 is 19.8 Å². The topological polar surface area (TPSA) is 88.4 Å². The van der Waals surface area contributed by atoms with Gasteiger partial charge in [-0.3, -0.25) is 9.59 Å². The van der Waals surface area contributed by atoms with Crippen LogP contribution in [0, 0.1) is 5.41 Å². The van der Waals surface area contributed by atoms with Gasteiger partial charge in [-0.15, -0.1) is 0 Å². The highest BCUT2D eigenvalue weighted by Gasteiger charge is 2.22. The Morgan fingerprint density at radius 3 is 2.38 bits per heavy atom. The number of anilines is 2. The Kier molecular flexibility index (Phi) is 7.13. The van der Waals surface area contributed by atoms with Crippen LogP contribution in [0.1, 0.15) is 47.0 Å². The molecule has 6 nitrogen and oxygen atoms in total. The van der Waals surface area contributed by atoms with Crippen molar-refractivity contribution in [2.75, 3.05) is 17.2 Å². The molecule has 0 atom stereocenters. The molecule has 0 aliphatic heterocycles. The van der Waals surface area contributed by atoms with E-state index in [4.69, 9.17) is 4.42 Å². The standard InChI is InChI=1S/C26H30N2O4/c1-17(29)8-5-6-15-27-19-13-11-18(12-14-19)23-16-21(30)24-20(9-7-10-22(24)32-23)28-25(31)26(2,3)4/h7,9-14,16,27H,5-6,8,15H2,1-4H3,(H,28,31). The van der Waals surface area contributed by atoms with Crippen molar-refractivity contribution in [3.63, 3.8) is 0 Å². The van der Waals surface area contributed by atoms with Gasteiger partial charge in [-0.1, -0.05) is 26.8 Å². The summed E-state index contributed by atoms with van der Waals surface area (Å²) >= 11 is 0. The number of unbranched alkanes of at least 4 members (excludes halogenated alkanes) is 1. The van der Waals surface area contributed by atoms with E-state index in [2.05, 4.69) is 10.6 Å². The maximum atomic E-state index is 12.9. The Bertz CT molecular complexity index is 1170. The van der Waals surface area contributed by atoms with Gasteiger partial charge in [0.05, 0.1) is 11.1 Å². The second kappa shape index (κ2) is 9.81. The summed E-state index contributed by atoms with van der Waals surface area (Å²) in [5.74, 6) is 0.516. The highest BCUT2D eigenvalue weighted by molar-refractivity contribution is 6.02. The van der Waals surface area contributed by atoms with Crippen molar-refractivity contribution in [3.8, 4) is 11.3 Å². The van der Waals surface area contributed by atoms with Crippen LogP contribution >= 0.6 is 0 Å². The summed E-state index contributed by atoms with van der Waals surface area (Å²) in [4.78, 5) is 36.3. The van der Waals surface area contributed by atoms with Gasteiger partial charge in [-0.2, -0.15) is 0 Å². The second-order valence-electron chi connectivity index (χ2n) is 9.02. The Labute approximate surface area is 188 Å².